The fourth-order valence-electron chi connectivity index (χ4n) is 9.73. The summed E-state index contributed by atoms with van der Waals surface area (Å²) in [6.45, 7) is 4.24. The zero-order valence-electron chi connectivity index (χ0n) is 66.4. The monoisotopic (exact) mass is 1540 g/mol. The molecule has 0 aliphatic rings. The fourth-order valence-corrected chi connectivity index (χ4v) is 11.3. The van der Waals surface area contributed by atoms with Gasteiger partial charge in [0.05, 0.1) is 26.4 Å². The molecule has 0 spiro atoms. The van der Waals surface area contributed by atoms with Crippen LogP contribution in [0.2, 0.25) is 0 Å². The summed E-state index contributed by atoms with van der Waals surface area (Å²) < 4.78 is 68.4. The summed E-state index contributed by atoms with van der Waals surface area (Å²) in [4.78, 5) is 73.0. The van der Waals surface area contributed by atoms with Crippen LogP contribution >= 0.6 is 15.6 Å². The van der Waals surface area contributed by atoms with E-state index >= 15 is 0 Å². The van der Waals surface area contributed by atoms with Crippen molar-refractivity contribution in [3.05, 3.63) is 207 Å². The summed E-state index contributed by atoms with van der Waals surface area (Å²) in [6.07, 6.45) is 98.4. The Morgan fingerprint density at radius 2 is 0.500 bits per heavy atom. The molecule has 0 saturated heterocycles. The van der Waals surface area contributed by atoms with Crippen LogP contribution in [0, 0.1) is 0 Å². The van der Waals surface area contributed by atoms with Gasteiger partial charge in [0.25, 0.3) is 0 Å². The molecule has 5 atom stereocenters. The first-order chi connectivity index (χ1) is 52.7. The van der Waals surface area contributed by atoms with Gasteiger partial charge < -0.3 is 33.8 Å². The first-order valence-corrected chi connectivity index (χ1v) is 43.3. The van der Waals surface area contributed by atoms with Crippen LogP contribution in [-0.2, 0) is 65.4 Å². The normalized spacial score (nSPS) is 14.9. The van der Waals surface area contributed by atoms with E-state index in [0.717, 1.165) is 180 Å². The molecule has 0 aliphatic carbocycles. The van der Waals surface area contributed by atoms with E-state index in [0.29, 0.717) is 38.5 Å². The number of phosphoric ester groups is 2. The van der Waals surface area contributed by atoms with Crippen molar-refractivity contribution in [2.75, 3.05) is 39.6 Å². The number of esters is 4. The van der Waals surface area contributed by atoms with Crippen LogP contribution in [0.1, 0.15) is 272 Å². The molecule has 0 aromatic heterocycles. The van der Waals surface area contributed by atoms with E-state index in [1.807, 2.05) is 36.5 Å². The van der Waals surface area contributed by atoms with Gasteiger partial charge in [-0.25, -0.2) is 9.13 Å². The van der Waals surface area contributed by atoms with Gasteiger partial charge >= 0.3 is 39.5 Å². The standard InChI is InChI=1S/C89H140O17P2/c1-5-9-13-17-21-25-29-33-36-39-41-44-47-51-54-58-62-66-70-74-87(92)100-80-85(106-89(94)76-72-68-64-60-56-52-48-45-42-40-37-34-30-26-22-18-14-10-6-2)82-104-108(97,98)102-78-83(90)77-101-107(95,96)103-81-84(105-88(93)75-71-67-63-59-55-49-32-28-24-20-16-12-8-4)79-99-86(91)73-69-65-61-57-53-50-46-43-38-35-31-27-23-19-15-11-7-3/h9-11,13-16,20-23,25-28,32-38,41-42,44-45,51-52,54,56,62,64,66,68,83-85,90H,5-8,12,17-19,24,29-31,39-40,43,46-50,53,55,57-61,63,65,67,69-82H2,1-4H3,(H,95,96)(H,97,98)/b13-9-,14-10-,15-11-,20-16-,25-21-,26-22-,27-23-,32-28-,36-33-,37-34-,38-35-,44-41-,45-42-,54-51-,56-52-,66-62-,68-64-. The minimum absolute atomic E-state index is 0.0112. The van der Waals surface area contributed by atoms with Crippen LogP contribution in [0.15, 0.2) is 207 Å². The maximum Gasteiger partial charge on any atom is 0.472 e. The fraction of sp³-hybridized carbons (Fsp3) is 0.573. The Kier molecular flexibility index (Phi) is 74.1. The van der Waals surface area contributed by atoms with Crippen molar-refractivity contribution in [1.29, 1.82) is 0 Å². The average Bonchev–Trinajstić information content (AvgIpc) is 0.892. The maximum atomic E-state index is 13.1. The topological polar surface area (TPSA) is 237 Å². The number of carbonyl (C=O) groups is 4. The van der Waals surface area contributed by atoms with Crippen LogP contribution in [0.5, 0.6) is 0 Å². The lowest BCUT2D eigenvalue weighted by atomic mass is 10.1. The Hall–Kier alpha value is -6.36. The van der Waals surface area contributed by atoms with E-state index in [4.69, 9.17) is 37.0 Å². The number of ether oxygens (including phenoxy) is 4. The largest absolute Gasteiger partial charge is 0.472 e. The second-order valence-corrected chi connectivity index (χ2v) is 28.8. The molecular formula is C89H140O17P2. The Bertz CT molecular complexity index is 2860. The number of aliphatic hydroxyl groups is 1. The molecule has 0 aromatic carbocycles. The zero-order valence-corrected chi connectivity index (χ0v) is 68.2. The maximum absolute atomic E-state index is 13.1. The molecule has 608 valence electrons. The number of unbranched alkanes of at least 4 members (excludes halogenated alkanes) is 13. The molecule has 0 heterocycles. The van der Waals surface area contributed by atoms with E-state index in [1.165, 1.54) is 0 Å². The smallest absolute Gasteiger partial charge is 0.462 e. The van der Waals surface area contributed by atoms with Crippen molar-refractivity contribution in [2.45, 2.75) is 290 Å². The highest BCUT2D eigenvalue weighted by molar-refractivity contribution is 7.47. The summed E-state index contributed by atoms with van der Waals surface area (Å²) in [5.41, 5.74) is 0. The Labute approximate surface area is 652 Å². The van der Waals surface area contributed by atoms with Gasteiger partial charge in [-0.2, -0.15) is 0 Å². The predicted molar refractivity (Wildman–Crippen MR) is 445 cm³/mol. The predicted octanol–water partition coefficient (Wildman–Crippen LogP) is 23.9. The molecule has 3 N–H and O–H groups in total. The summed E-state index contributed by atoms with van der Waals surface area (Å²) in [6, 6.07) is 0. The number of carbonyl (C=O) groups excluding carboxylic acids is 4. The molecule has 0 aromatic rings. The van der Waals surface area contributed by atoms with E-state index in [2.05, 4.69) is 198 Å². The third-order valence-corrected chi connectivity index (χ3v) is 17.6. The molecule has 17 nitrogen and oxygen atoms in total. The SMILES string of the molecule is CC/C=C\C/C=C\C/C=C\C/C=C\C/C=C\C/C=C\CCC(=O)OCC(COP(=O)(O)OCC(O)COP(=O)(O)OCC(COC(=O)CCCCCCCCC/C=C\C/C=C\C/C=C\CC)OC(=O)CCCCCCC/C=C\C/C=C\CCC)OC(=O)CC/C=C\C/C=C\C/C=C\C/C=C\C/C=C\C/C=C\CC. The van der Waals surface area contributed by atoms with Gasteiger partial charge in [-0.05, 0) is 161 Å². The van der Waals surface area contributed by atoms with E-state index in [9.17, 15) is 43.2 Å². The van der Waals surface area contributed by atoms with Crippen molar-refractivity contribution in [1.82, 2.24) is 0 Å². The summed E-state index contributed by atoms with van der Waals surface area (Å²) in [5.74, 6) is -2.42. The quantitative estimate of drug-likeness (QED) is 0.0169. The van der Waals surface area contributed by atoms with Gasteiger partial charge in [0.1, 0.15) is 19.3 Å². The second-order valence-electron chi connectivity index (χ2n) is 25.9. The molecule has 108 heavy (non-hydrogen) atoms. The van der Waals surface area contributed by atoms with Crippen molar-refractivity contribution in [3.8, 4) is 0 Å². The van der Waals surface area contributed by atoms with Crippen LogP contribution in [0.25, 0.3) is 0 Å². The highest BCUT2D eigenvalue weighted by Gasteiger charge is 2.30. The second kappa shape index (κ2) is 78.8. The van der Waals surface area contributed by atoms with Crippen molar-refractivity contribution < 1.29 is 80.2 Å². The van der Waals surface area contributed by atoms with Crippen LogP contribution in [-0.4, -0.2) is 96.7 Å². The van der Waals surface area contributed by atoms with Crippen molar-refractivity contribution in [3.63, 3.8) is 0 Å². The van der Waals surface area contributed by atoms with E-state index in [-0.39, 0.29) is 25.7 Å². The third kappa shape index (κ3) is 77.8. The van der Waals surface area contributed by atoms with E-state index in [1.54, 1.807) is 0 Å². The lowest BCUT2D eigenvalue weighted by molar-refractivity contribution is -0.161. The molecule has 0 fully saturated rings. The summed E-state index contributed by atoms with van der Waals surface area (Å²) in [7, 11) is -10.0. The molecule has 0 amide bonds. The molecule has 0 saturated carbocycles. The van der Waals surface area contributed by atoms with Crippen LogP contribution in [0.3, 0.4) is 0 Å². The number of allylic oxidation sites excluding steroid dienone is 34. The summed E-state index contributed by atoms with van der Waals surface area (Å²) >= 11 is 0. The minimum Gasteiger partial charge on any atom is -0.462 e. The Morgan fingerprint density at radius 3 is 0.815 bits per heavy atom. The molecule has 0 radical (unpaired) electrons. The van der Waals surface area contributed by atoms with Crippen molar-refractivity contribution in [2.24, 2.45) is 0 Å². The van der Waals surface area contributed by atoms with Gasteiger partial charge in [-0.1, -0.05) is 292 Å². The number of aliphatic hydroxyl groups excluding tert-OH is 1. The van der Waals surface area contributed by atoms with Crippen LogP contribution < -0.4 is 0 Å². The molecule has 19 heteroatoms. The Balaban J connectivity index is 5.54. The van der Waals surface area contributed by atoms with Crippen molar-refractivity contribution >= 4 is 39.5 Å². The number of phosphoric acid groups is 2. The van der Waals surface area contributed by atoms with Gasteiger partial charge in [0, 0.05) is 25.7 Å². The zero-order chi connectivity index (χ0) is 78.9. The van der Waals surface area contributed by atoms with Gasteiger partial charge in [0.15, 0.2) is 12.2 Å². The molecule has 0 bridgehead atoms. The van der Waals surface area contributed by atoms with E-state index < -0.39 is 97.5 Å². The average molecular weight is 1540 g/mol. The lowest BCUT2D eigenvalue weighted by Gasteiger charge is -2.21. The first-order valence-electron chi connectivity index (χ1n) is 40.3. The van der Waals surface area contributed by atoms with Gasteiger partial charge in [0.2, 0.25) is 0 Å². The summed E-state index contributed by atoms with van der Waals surface area (Å²) in [5, 5.41) is 10.6. The number of rotatable bonds is 73. The van der Waals surface area contributed by atoms with Crippen LogP contribution in [0.4, 0.5) is 0 Å². The molecule has 0 rings (SSSR count). The Morgan fingerprint density at radius 1 is 0.269 bits per heavy atom. The molecule has 0 aliphatic heterocycles. The highest BCUT2D eigenvalue weighted by atomic mass is 31.2. The minimum atomic E-state index is -5.03. The van der Waals surface area contributed by atoms with Gasteiger partial charge in [-0.3, -0.25) is 37.3 Å². The number of hydrogen-bond acceptors (Lipinski definition) is 15. The highest BCUT2D eigenvalue weighted by Crippen LogP contribution is 2.45. The first kappa shape index (κ1) is 102. The molecule has 5 unspecified atom stereocenters. The molecular weight excluding hydrogens is 1400 g/mol. The number of hydrogen-bond donors (Lipinski definition) is 3. The lowest BCUT2D eigenvalue weighted by Crippen LogP contribution is -2.30. The third-order valence-electron chi connectivity index (χ3n) is 15.7. The van der Waals surface area contributed by atoms with Gasteiger partial charge in [-0.15, -0.1) is 0 Å².